The number of nitrogens with two attached hydrogens (primary N) is 2. The van der Waals surface area contributed by atoms with Gasteiger partial charge in [0.05, 0.1) is 22.7 Å². The number of rotatable bonds is 2. The van der Waals surface area contributed by atoms with E-state index in [0.29, 0.717) is 23.7 Å². The topological polar surface area (TPSA) is 61.3 Å². The fraction of sp³-hybridized carbons (Fsp3) is 0.200. The summed E-state index contributed by atoms with van der Waals surface area (Å²) < 4.78 is 6.45. The van der Waals surface area contributed by atoms with Crippen LogP contribution in [-0.2, 0) is 0 Å². The van der Waals surface area contributed by atoms with Gasteiger partial charge in [0.25, 0.3) is 0 Å². The van der Waals surface area contributed by atoms with E-state index in [4.69, 9.17) is 16.2 Å². The maximum Gasteiger partial charge on any atom is 0.166 e. The Bertz CT molecular complexity index is 464. The van der Waals surface area contributed by atoms with Crippen LogP contribution in [0.1, 0.15) is 6.92 Å². The number of fused-ring (bicyclic) bond motifs is 1. The third-order valence-corrected chi connectivity index (χ3v) is 3.01. The van der Waals surface area contributed by atoms with E-state index in [1.54, 1.807) is 11.3 Å². The van der Waals surface area contributed by atoms with Gasteiger partial charge in [-0.05, 0) is 29.8 Å². The van der Waals surface area contributed by atoms with E-state index in [1.807, 2.05) is 24.4 Å². The average molecular weight is 208 g/mol. The number of nitrogen functional groups attached to an aromatic ring is 2. The van der Waals surface area contributed by atoms with Gasteiger partial charge in [0.2, 0.25) is 0 Å². The van der Waals surface area contributed by atoms with Crippen molar-refractivity contribution < 1.29 is 4.74 Å². The first-order chi connectivity index (χ1) is 6.74. The molecular weight excluding hydrogens is 196 g/mol. The van der Waals surface area contributed by atoms with Crippen molar-refractivity contribution in [2.45, 2.75) is 6.92 Å². The Kier molecular flexibility index (Phi) is 2.21. The molecule has 0 bridgehead atoms. The van der Waals surface area contributed by atoms with Gasteiger partial charge in [0.15, 0.2) is 5.75 Å². The van der Waals surface area contributed by atoms with E-state index in [0.717, 1.165) is 10.1 Å². The van der Waals surface area contributed by atoms with Crippen LogP contribution in [0.2, 0.25) is 0 Å². The van der Waals surface area contributed by atoms with Gasteiger partial charge in [-0.2, -0.15) is 0 Å². The number of benzene rings is 1. The van der Waals surface area contributed by atoms with E-state index in [1.165, 1.54) is 0 Å². The predicted molar refractivity (Wildman–Crippen MR) is 61.8 cm³/mol. The molecule has 0 fully saturated rings. The quantitative estimate of drug-likeness (QED) is 0.745. The minimum absolute atomic E-state index is 0.575. The summed E-state index contributed by atoms with van der Waals surface area (Å²) in [5.41, 5.74) is 13.0. The summed E-state index contributed by atoms with van der Waals surface area (Å²) in [6.07, 6.45) is 0. The lowest BCUT2D eigenvalue weighted by Gasteiger charge is -2.10. The summed E-state index contributed by atoms with van der Waals surface area (Å²) in [7, 11) is 0. The largest absolute Gasteiger partial charge is 0.489 e. The molecule has 14 heavy (non-hydrogen) atoms. The Balaban J connectivity index is 2.69. The van der Waals surface area contributed by atoms with E-state index >= 15 is 0 Å². The molecule has 0 radical (unpaired) electrons. The number of ether oxygens (including phenoxy) is 1. The van der Waals surface area contributed by atoms with Crippen molar-refractivity contribution in [3.05, 3.63) is 17.5 Å². The van der Waals surface area contributed by atoms with Crippen molar-refractivity contribution in [3.63, 3.8) is 0 Å². The highest BCUT2D eigenvalue weighted by Crippen LogP contribution is 2.39. The Morgan fingerprint density at radius 1 is 1.43 bits per heavy atom. The molecule has 0 saturated heterocycles. The summed E-state index contributed by atoms with van der Waals surface area (Å²) in [4.78, 5) is 0. The fourth-order valence-electron chi connectivity index (χ4n) is 1.45. The molecule has 4 heteroatoms. The van der Waals surface area contributed by atoms with Gasteiger partial charge in [-0.15, -0.1) is 11.3 Å². The monoisotopic (exact) mass is 208 g/mol. The van der Waals surface area contributed by atoms with Gasteiger partial charge in [-0.1, -0.05) is 0 Å². The summed E-state index contributed by atoms with van der Waals surface area (Å²) >= 11 is 1.60. The summed E-state index contributed by atoms with van der Waals surface area (Å²) in [6.45, 7) is 2.49. The van der Waals surface area contributed by atoms with Crippen molar-refractivity contribution >= 4 is 32.8 Å². The number of hydrogen-bond acceptors (Lipinski definition) is 4. The van der Waals surface area contributed by atoms with Gasteiger partial charge in [-0.3, -0.25) is 0 Å². The molecule has 0 aliphatic carbocycles. The SMILES string of the molecule is CCOc1c(N)cc2ccsc2c1N. The zero-order valence-electron chi connectivity index (χ0n) is 7.91. The normalized spacial score (nSPS) is 10.6. The second kappa shape index (κ2) is 3.38. The molecule has 0 aliphatic heterocycles. The summed E-state index contributed by atoms with van der Waals surface area (Å²) in [6, 6.07) is 3.90. The molecular formula is C10H12N2OS. The molecule has 0 spiro atoms. The molecule has 2 aromatic rings. The summed E-state index contributed by atoms with van der Waals surface area (Å²) in [5, 5.41) is 3.07. The molecule has 1 heterocycles. The lowest BCUT2D eigenvalue weighted by molar-refractivity contribution is 0.344. The van der Waals surface area contributed by atoms with E-state index in [9.17, 15) is 0 Å². The van der Waals surface area contributed by atoms with Crippen LogP contribution >= 0.6 is 11.3 Å². The highest BCUT2D eigenvalue weighted by Gasteiger charge is 2.10. The van der Waals surface area contributed by atoms with Gasteiger partial charge in [0.1, 0.15) is 0 Å². The van der Waals surface area contributed by atoms with Crippen LogP contribution in [0.4, 0.5) is 11.4 Å². The third-order valence-electron chi connectivity index (χ3n) is 2.05. The van der Waals surface area contributed by atoms with E-state index in [-0.39, 0.29) is 0 Å². The van der Waals surface area contributed by atoms with Gasteiger partial charge in [-0.25, -0.2) is 0 Å². The van der Waals surface area contributed by atoms with Gasteiger partial charge >= 0.3 is 0 Å². The molecule has 1 aromatic heterocycles. The van der Waals surface area contributed by atoms with Crippen molar-refractivity contribution in [3.8, 4) is 5.75 Å². The van der Waals surface area contributed by atoms with E-state index < -0.39 is 0 Å². The predicted octanol–water partition coefficient (Wildman–Crippen LogP) is 2.46. The molecule has 1 aromatic carbocycles. The highest BCUT2D eigenvalue weighted by atomic mass is 32.1. The Morgan fingerprint density at radius 3 is 2.93 bits per heavy atom. The average Bonchev–Trinajstić information content (AvgIpc) is 2.60. The molecule has 0 saturated carbocycles. The zero-order chi connectivity index (χ0) is 10.1. The van der Waals surface area contributed by atoms with Crippen molar-refractivity contribution in [1.82, 2.24) is 0 Å². The molecule has 0 atom stereocenters. The van der Waals surface area contributed by atoms with Crippen LogP contribution in [-0.4, -0.2) is 6.61 Å². The Hall–Kier alpha value is -1.42. The standard InChI is InChI=1S/C10H12N2OS/c1-2-13-9-7(11)5-6-3-4-14-10(6)8(9)12/h3-5H,2,11-12H2,1H3. The molecule has 0 amide bonds. The van der Waals surface area contributed by atoms with Gasteiger partial charge in [0, 0.05) is 0 Å². The maximum atomic E-state index is 5.96. The number of hydrogen-bond donors (Lipinski definition) is 2. The number of anilines is 2. The molecule has 0 aliphatic rings. The van der Waals surface area contributed by atoms with Gasteiger partial charge < -0.3 is 16.2 Å². The van der Waals surface area contributed by atoms with Crippen LogP contribution in [0, 0.1) is 0 Å². The molecule has 2 rings (SSSR count). The van der Waals surface area contributed by atoms with Crippen LogP contribution in [0.5, 0.6) is 5.75 Å². The molecule has 0 unspecified atom stereocenters. The smallest absolute Gasteiger partial charge is 0.166 e. The first-order valence-electron chi connectivity index (χ1n) is 4.42. The highest BCUT2D eigenvalue weighted by molar-refractivity contribution is 7.17. The molecule has 4 N–H and O–H groups in total. The van der Waals surface area contributed by atoms with Crippen LogP contribution < -0.4 is 16.2 Å². The van der Waals surface area contributed by atoms with Crippen molar-refractivity contribution in [2.75, 3.05) is 18.1 Å². The molecule has 3 nitrogen and oxygen atoms in total. The van der Waals surface area contributed by atoms with E-state index in [2.05, 4.69) is 0 Å². The molecule has 74 valence electrons. The second-order valence-electron chi connectivity index (χ2n) is 2.98. The van der Waals surface area contributed by atoms with Crippen LogP contribution in [0.15, 0.2) is 17.5 Å². The van der Waals surface area contributed by atoms with Crippen molar-refractivity contribution in [2.24, 2.45) is 0 Å². The maximum absolute atomic E-state index is 5.96. The lowest BCUT2D eigenvalue weighted by Crippen LogP contribution is -2.00. The van der Waals surface area contributed by atoms with Crippen LogP contribution in [0.3, 0.4) is 0 Å². The first kappa shape index (κ1) is 9.15. The zero-order valence-corrected chi connectivity index (χ0v) is 8.73. The van der Waals surface area contributed by atoms with Crippen LogP contribution in [0.25, 0.3) is 10.1 Å². The third kappa shape index (κ3) is 1.28. The fourth-order valence-corrected chi connectivity index (χ4v) is 2.28. The Morgan fingerprint density at radius 2 is 2.21 bits per heavy atom. The first-order valence-corrected chi connectivity index (χ1v) is 5.30. The minimum atomic E-state index is 0.575. The second-order valence-corrected chi connectivity index (χ2v) is 3.90. The van der Waals surface area contributed by atoms with Crippen molar-refractivity contribution in [1.29, 1.82) is 0 Å². The Labute approximate surface area is 86.3 Å². The summed E-state index contributed by atoms with van der Waals surface area (Å²) in [5.74, 6) is 0.613. The minimum Gasteiger partial charge on any atom is -0.489 e. The lowest BCUT2D eigenvalue weighted by atomic mass is 10.2. The number of thiophene rings is 1.